The average molecular weight is 276 g/mol. The van der Waals surface area contributed by atoms with Gasteiger partial charge < -0.3 is 10.6 Å². The minimum atomic E-state index is -0.680. The van der Waals surface area contributed by atoms with Gasteiger partial charge in [0.1, 0.15) is 11.6 Å². The van der Waals surface area contributed by atoms with E-state index in [4.69, 9.17) is 0 Å². The van der Waals surface area contributed by atoms with E-state index in [-0.39, 0.29) is 5.69 Å². The zero-order chi connectivity index (χ0) is 14.5. The molecule has 20 heavy (non-hydrogen) atoms. The number of anilines is 2. The van der Waals surface area contributed by atoms with Crippen LogP contribution in [0, 0.1) is 11.6 Å². The van der Waals surface area contributed by atoms with Crippen LogP contribution < -0.4 is 10.6 Å². The van der Waals surface area contributed by atoms with Gasteiger partial charge in [-0.3, -0.25) is 4.79 Å². The molecule has 0 fully saturated rings. The second-order valence-corrected chi connectivity index (χ2v) is 4.15. The van der Waals surface area contributed by atoms with Gasteiger partial charge in [-0.1, -0.05) is 12.1 Å². The van der Waals surface area contributed by atoms with Crippen molar-refractivity contribution in [3.8, 4) is 0 Å². The summed E-state index contributed by atoms with van der Waals surface area (Å²) in [6.07, 6.45) is 0. The van der Waals surface area contributed by atoms with E-state index in [0.29, 0.717) is 17.8 Å². The van der Waals surface area contributed by atoms with Crippen LogP contribution in [-0.4, -0.2) is 12.5 Å². The Balaban J connectivity index is 2.26. The fourth-order valence-electron chi connectivity index (χ4n) is 1.81. The Morgan fingerprint density at radius 3 is 2.60 bits per heavy atom. The quantitative estimate of drug-likeness (QED) is 0.895. The van der Waals surface area contributed by atoms with Gasteiger partial charge in [-0.05, 0) is 31.2 Å². The molecule has 0 heterocycles. The Hall–Kier alpha value is -2.43. The summed E-state index contributed by atoms with van der Waals surface area (Å²) in [7, 11) is 0. The highest BCUT2D eigenvalue weighted by Crippen LogP contribution is 2.19. The second kappa shape index (κ2) is 6.14. The molecule has 0 atom stereocenters. The minimum Gasteiger partial charge on any atom is -0.385 e. The van der Waals surface area contributed by atoms with Gasteiger partial charge in [-0.2, -0.15) is 0 Å². The van der Waals surface area contributed by atoms with Crippen molar-refractivity contribution in [2.45, 2.75) is 6.92 Å². The van der Waals surface area contributed by atoms with E-state index in [2.05, 4.69) is 10.6 Å². The molecular weight excluding hydrogens is 262 g/mol. The average Bonchev–Trinajstić information content (AvgIpc) is 2.44. The zero-order valence-electron chi connectivity index (χ0n) is 10.9. The van der Waals surface area contributed by atoms with Crippen LogP contribution in [-0.2, 0) is 0 Å². The van der Waals surface area contributed by atoms with Crippen LogP contribution >= 0.6 is 0 Å². The maximum absolute atomic E-state index is 13.5. The molecule has 1 amide bonds. The SMILES string of the molecule is CCNc1ccccc1C(=O)Nc1cc(F)ccc1F. The molecule has 0 radical (unpaired) electrons. The number of nitrogens with one attached hydrogen (secondary N) is 2. The molecule has 2 aromatic carbocycles. The van der Waals surface area contributed by atoms with Crippen molar-refractivity contribution in [3.63, 3.8) is 0 Å². The van der Waals surface area contributed by atoms with Crippen molar-refractivity contribution in [1.29, 1.82) is 0 Å². The predicted octanol–water partition coefficient (Wildman–Crippen LogP) is 3.65. The summed E-state index contributed by atoms with van der Waals surface area (Å²) < 4.78 is 26.6. The lowest BCUT2D eigenvalue weighted by Gasteiger charge is -2.11. The number of para-hydroxylation sites is 1. The highest BCUT2D eigenvalue weighted by atomic mass is 19.1. The fourth-order valence-corrected chi connectivity index (χ4v) is 1.81. The van der Waals surface area contributed by atoms with Gasteiger partial charge in [-0.15, -0.1) is 0 Å². The van der Waals surface area contributed by atoms with Crippen molar-refractivity contribution in [3.05, 3.63) is 59.7 Å². The molecule has 0 spiro atoms. The molecule has 5 heteroatoms. The van der Waals surface area contributed by atoms with Gasteiger partial charge in [0.2, 0.25) is 0 Å². The molecule has 2 rings (SSSR count). The third-order valence-corrected chi connectivity index (χ3v) is 2.72. The van der Waals surface area contributed by atoms with Crippen LogP contribution in [0.4, 0.5) is 20.2 Å². The van der Waals surface area contributed by atoms with Gasteiger partial charge in [0.15, 0.2) is 0 Å². The first kappa shape index (κ1) is 14.0. The van der Waals surface area contributed by atoms with E-state index < -0.39 is 17.5 Å². The summed E-state index contributed by atoms with van der Waals surface area (Å²) >= 11 is 0. The van der Waals surface area contributed by atoms with E-state index in [1.165, 1.54) is 0 Å². The Labute approximate surface area is 115 Å². The van der Waals surface area contributed by atoms with Crippen LogP contribution in [0.2, 0.25) is 0 Å². The number of amides is 1. The lowest BCUT2D eigenvalue weighted by molar-refractivity contribution is 0.102. The largest absolute Gasteiger partial charge is 0.385 e. The predicted molar refractivity (Wildman–Crippen MR) is 74.9 cm³/mol. The van der Waals surface area contributed by atoms with E-state index in [1.54, 1.807) is 24.3 Å². The smallest absolute Gasteiger partial charge is 0.257 e. The number of carbonyl (C=O) groups excluding carboxylic acids is 1. The first-order valence-electron chi connectivity index (χ1n) is 6.21. The number of halogens is 2. The normalized spacial score (nSPS) is 10.2. The molecule has 0 aliphatic heterocycles. The van der Waals surface area contributed by atoms with Crippen molar-refractivity contribution in [2.75, 3.05) is 17.2 Å². The zero-order valence-corrected chi connectivity index (χ0v) is 10.9. The van der Waals surface area contributed by atoms with Gasteiger partial charge in [0.05, 0.1) is 11.3 Å². The number of hydrogen-bond acceptors (Lipinski definition) is 2. The number of benzene rings is 2. The molecule has 0 saturated heterocycles. The monoisotopic (exact) mass is 276 g/mol. The summed E-state index contributed by atoms with van der Waals surface area (Å²) in [6, 6.07) is 9.78. The van der Waals surface area contributed by atoms with Crippen molar-refractivity contribution >= 4 is 17.3 Å². The third kappa shape index (κ3) is 3.12. The summed E-state index contributed by atoms with van der Waals surface area (Å²) in [4.78, 5) is 12.1. The molecule has 0 unspecified atom stereocenters. The van der Waals surface area contributed by atoms with Gasteiger partial charge in [-0.25, -0.2) is 8.78 Å². The lowest BCUT2D eigenvalue weighted by atomic mass is 10.1. The molecule has 0 saturated carbocycles. The molecule has 0 bridgehead atoms. The van der Waals surface area contributed by atoms with Crippen LogP contribution in [0.3, 0.4) is 0 Å². The van der Waals surface area contributed by atoms with Crippen LogP contribution in [0.1, 0.15) is 17.3 Å². The number of hydrogen-bond donors (Lipinski definition) is 2. The van der Waals surface area contributed by atoms with E-state index >= 15 is 0 Å². The number of rotatable bonds is 4. The van der Waals surface area contributed by atoms with Gasteiger partial charge in [0, 0.05) is 18.3 Å². The molecule has 104 valence electrons. The maximum atomic E-state index is 13.5. The van der Waals surface area contributed by atoms with Crippen LogP contribution in [0.15, 0.2) is 42.5 Å². The van der Waals surface area contributed by atoms with Crippen molar-refractivity contribution in [2.24, 2.45) is 0 Å². The first-order chi connectivity index (χ1) is 9.61. The standard InChI is InChI=1S/C15H14F2N2O/c1-2-18-13-6-4-3-5-11(13)15(20)19-14-9-10(16)7-8-12(14)17/h3-9,18H,2H2,1H3,(H,19,20). The highest BCUT2D eigenvalue weighted by Gasteiger charge is 2.13. The molecular formula is C15H14F2N2O. The summed E-state index contributed by atoms with van der Waals surface area (Å²) in [5.41, 5.74) is 0.837. The van der Waals surface area contributed by atoms with Gasteiger partial charge >= 0.3 is 0 Å². The highest BCUT2D eigenvalue weighted by molar-refractivity contribution is 6.08. The molecule has 0 aromatic heterocycles. The first-order valence-corrected chi connectivity index (χ1v) is 6.21. The molecule has 3 nitrogen and oxygen atoms in total. The van der Waals surface area contributed by atoms with E-state index in [1.807, 2.05) is 6.92 Å². The lowest BCUT2D eigenvalue weighted by Crippen LogP contribution is -2.15. The Morgan fingerprint density at radius 2 is 1.85 bits per heavy atom. The molecule has 0 aliphatic carbocycles. The number of carbonyl (C=O) groups is 1. The van der Waals surface area contributed by atoms with E-state index in [0.717, 1.165) is 18.2 Å². The minimum absolute atomic E-state index is 0.179. The Kier molecular flexibility index (Phi) is 4.30. The third-order valence-electron chi connectivity index (χ3n) is 2.72. The maximum Gasteiger partial charge on any atom is 0.257 e. The summed E-state index contributed by atoms with van der Waals surface area (Å²) in [5, 5.41) is 5.41. The van der Waals surface area contributed by atoms with Crippen molar-refractivity contribution in [1.82, 2.24) is 0 Å². The second-order valence-electron chi connectivity index (χ2n) is 4.15. The van der Waals surface area contributed by atoms with Gasteiger partial charge in [0.25, 0.3) is 5.91 Å². The Bertz CT molecular complexity index is 629. The summed E-state index contributed by atoms with van der Waals surface area (Å²) in [5.74, 6) is -1.78. The molecule has 2 N–H and O–H groups in total. The molecule has 0 aliphatic rings. The fraction of sp³-hybridized carbons (Fsp3) is 0.133. The van der Waals surface area contributed by atoms with E-state index in [9.17, 15) is 13.6 Å². The summed E-state index contributed by atoms with van der Waals surface area (Å²) in [6.45, 7) is 2.56. The van der Waals surface area contributed by atoms with Crippen LogP contribution in [0.25, 0.3) is 0 Å². The van der Waals surface area contributed by atoms with Crippen LogP contribution in [0.5, 0.6) is 0 Å². The topological polar surface area (TPSA) is 41.1 Å². The Morgan fingerprint density at radius 1 is 1.10 bits per heavy atom. The van der Waals surface area contributed by atoms with Crippen molar-refractivity contribution < 1.29 is 13.6 Å². The molecule has 2 aromatic rings.